The molecular weight excluding hydrogens is 346 g/mol. The van der Waals surface area contributed by atoms with Crippen molar-refractivity contribution in [3.8, 4) is 0 Å². The largest absolute Gasteiger partial charge is 0.377 e. The topological polar surface area (TPSA) is 113 Å². The molecule has 27 heavy (non-hydrogen) atoms. The molecule has 0 bridgehead atoms. The number of aromatic nitrogens is 2. The fourth-order valence-electron chi connectivity index (χ4n) is 2.92. The molecule has 0 radical (unpaired) electrons. The molecule has 8 heteroatoms. The van der Waals surface area contributed by atoms with Crippen molar-refractivity contribution in [2.24, 2.45) is 0 Å². The maximum Gasteiger partial charge on any atom is 0.293 e. The van der Waals surface area contributed by atoms with Crippen LogP contribution in [-0.4, -0.2) is 26.8 Å². The SMILES string of the molecule is C[C@@H](NC(=O)c1ccc(NC2CC2)c([N+](=O)[O-])c1)c1nc2ccccc2[nH]1. The van der Waals surface area contributed by atoms with Crippen molar-refractivity contribution in [1.82, 2.24) is 15.3 Å². The second-order valence-corrected chi connectivity index (χ2v) is 6.74. The van der Waals surface area contributed by atoms with Crippen molar-refractivity contribution >= 4 is 28.3 Å². The van der Waals surface area contributed by atoms with Gasteiger partial charge in [0.1, 0.15) is 11.5 Å². The Bertz CT molecular complexity index is 992. The predicted octanol–water partition coefficient (Wildman–Crippen LogP) is 3.54. The molecule has 0 unspecified atom stereocenters. The van der Waals surface area contributed by atoms with Crippen LogP contribution < -0.4 is 10.6 Å². The van der Waals surface area contributed by atoms with Crippen LogP contribution in [0.2, 0.25) is 0 Å². The van der Waals surface area contributed by atoms with E-state index in [2.05, 4.69) is 20.6 Å². The van der Waals surface area contributed by atoms with E-state index < -0.39 is 4.92 Å². The average molecular weight is 365 g/mol. The summed E-state index contributed by atoms with van der Waals surface area (Å²) in [7, 11) is 0. The van der Waals surface area contributed by atoms with E-state index in [0.717, 1.165) is 23.9 Å². The van der Waals surface area contributed by atoms with Crippen molar-refractivity contribution in [3.63, 3.8) is 0 Å². The Morgan fingerprint density at radius 2 is 2.07 bits per heavy atom. The third kappa shape index (κ3) is 3.59. The van der Waals surface area contributed by atoms with Gasteiger partial charge >= 0.3 is 0 Å². The second kappa shape index (κ2) is 6.71. The molecule has 1 atom stereocenters. The molecule has 8 nitrogen and oxygen atoms in total. The Morgan fingerprint density at radius 3 is 2.78 bits per heavy atom. The number of fused-ring (bicyclic) bond motifs is 1. The number of anilines is 1. The minimum Gasteiger partial charge on any atom is -0.377 e. The van der Waals surface area contributed by atoms with Gasteiger partial charge < -0.3 is 15.6 Å². The van der Waals surface area contributed by atoms with Crippen molar-refractivity contribution in [2.45, 2.75) is 31.8 Å². The molecule has 1 aliphatic rings. The highest BCUT2D eigenvalue weighted by Gasteiger charge is 2.26. The molecule has 4 rings (SSSR count). The van der Waals surface area contributed by atoms with Crippen LogP contribution >= 0.6 is 0 Å². The predicted molar refractivity (Wildman–Crippen MR) is 102 cm³/mol. The molecule has 1 aromatic heterocycles. The summed E-state index contributed by atoms with van der Waals surface area (Å²) in [6.07, 6.45) is 2.02. The number of amides is 1. The zero-order valence-corrected chi connectivity index (χ0v) is 14.7. The van der Waals surface area contributed by atoms with E-state index in [1.54, 1.807) is 12.1 Å². The van der Waals surface area contributed by atoms with Crippen LogP contribution in [0.25, 0.3) is 11.0 Å². The number of hydrogen-bond acceptors (Lipinski definition) is 5. The first-order chi connectivity index (χ1) is 13.0. The van der Waals surface area contributed by atoms with E-state index in [0.29, 0.717) is 11.5 Å². The standard InChI is InChI=1S/C19H19N5O3/c1-11(18-22-14-4-2-3-5-15(14)23-18)20-19(25)12-6-9-16(21-13-7-8-13)17(10-12)24(26)27/h2-6,9-11,13,21H,7-8H2,1H3,(H,20,25)(H,22,23)/t11-/m1/s1. The molecule has 3 aromatic rings. The summed E-state index contributed by atoms with van der Waals surface area (Å²) in [4.78, 5) is 31.1. The summed E-state index contributed by atoms with van der Waals surface area (Å²) in [6.45, 7) is 1.81. The highest BCUT2D eigenvalue weighted by Crippen LogP contribution is 2.31. The molecule has 1 amide bonds. The number of nitrogens with one attached hydrogen (secondary N) is 3. The summed E-state index contributed by atoms with van der Waals surface area (Å²) in [5.41, 5.74) is 2.31. The van der Waals surface area contributed by atoms with Gasteiger partial charge in [-0.15, -0.1) is 0 Å². The van der Waals surface area contributed by atoms with Gasteiger partial charge in [-0.1, -0.05) is 12.1 Å². The van der Waals surface area contributed by atoms with E-state index in [1.807, 2.05) is 31.2 Å². The first-order valence-electron chi connectivity index (χ1n) is 8.82. The Kier molecular flexibility index (Phi) is 4.23. The summed E-state index contributed by atoms with van der Waals surface area (Å²) in [5, 5.41) is 17.3. The van der Waals surface area contributed by atoms with E-state index in [-0.39, 0.29) is 29.2 Å². The van der Waals surface area contributed by atoms with Crippen LogP contribution in [0.3, 0.4) is 0 Å². The number of nitro benzene ring substituents is 1. The first kappa shape index (κ1) is 17.0. The number of benzene rings is 2. The van der Waals surface area contributed by atoms with Crippen LogP contribution in [0.4, 0.5) is 11.4 Å². The van der Waals surface area contributed by atoms with Gasteiger partial charge in [0.15, 0.2) is 0 Å². The van der Waals surface area contributed by atoms with Gasteiger partial charge in [0.2, 0.25) is 0 Å². The minimum absolute atomic E-state index is 0.0917. The molecule has 1 heterocycles. The molecular formula is C19H19N5O3. The van der Waals surface area contributed by atoms with Crippen LogP contribution in [-0.2, 0) is 0 Å². The number of hydrogen-bond donors (Lipinski definition) is 3. The molecule has 3 N–H and O–H groups in total. The zero-order chi connectivity index (χ0) is 19.0. The minimum atomic E-state index is -0.468. The zero-order valence-electron chi connectivity index (χ0n) is 14.7. The van der Waals surface area contributed by atoms with Crippen LogP contribution in [0.1, 0.15) is 42.0 Å². The van der Waals surface area contributed by atoms with Crippen molar-refractivity contribution in [1.29, 1.82) is 0 Å². The summed E-state index contributed by atoms with van der Waals surface area (Å²) < 4.78 is 0. The number of para-hydroxylation sites is 2. The normalized spacial score (nSPS) is 14.7. The van der Waals surface area contributed by atoms with Gasteiger partial charge in [0.25, 0.3) is 11.6 Å². The van der Waals surface area contributed by atoms with Crippen LogP contribution in [0.15, 0.2) is 42.5 Å². The van der Waals surface area contributed by atoms with Gasteiger partial charge in [0.05, 0.1) is 22.0 Å². The van der Waals surface area contributed by atoms with E-state index in [9.17, 15) is 14.9 Å². The van der Waals surface area contributed by atoms with Gasteiger partial charge in [-0.3, -0.25) is 14.9 Å². The molecule has 138 valence electrons. The molecule has 1 fully saturated rings. The fraction of sp³-hybridized carbons (Fsp3) is 0.263. The maximum atomic E-state index is 12.6. The highest BCUT2D eigenvalue weighted by atomic mass is 16.6. The lowest BCUT2D eigenvalue weighted by Crippen LogP contribution is -2.27. The lowest BCUT2D eigenvalue weighted by atomic mass is 10.1. The van der Waals surface area contributed by atoms with E-state index >= 15 is 0 Å². The Morgan fingerprint density at radius 1 is 1.30 bits per heavy atom. The van der Waals surface area contributed by atoms with Gasteiger partial charge in [0, 0.05) is 17.7 Å². The number of nitro groups is 1. The summed E-state index contributed by atoms with van der Waals surface area (Å²) >= 11 is 0. The highest BCUT2D eigenvalue weighted by molar-refractivity contribution is 5.96. The van der Waals surface area contributed by atoms with Crippen LogP contribution in [0, 0.1) is 10.1 Å². The monoisotopic (exact) mass is 365 g/mol. The van der Waals surface area contributed by atoms with E-state index in [1.165, 1.54) is 6.07 Å². The lowest BCUT2D eigenvalue weighted by molar-refractivity contribution is -0.384. The average Bonchev–Trinajstić information content (AvgIpc) is 3.36. The van der Waals surface area contributed by atoms with Gasteiger partial charge in [-0.2, -0.15) is 0 Å². The molecule has 0 spiro atoms. The molecule has 2 aromatic carbocycles. The van der Waals surface area contributed by atoms with Gasteiger partial charge in [-0.05, 0) is 44.0 Å². The number of H-pyrrole nitrogens is 1. The molecule has 1 aliphatic carbocycles. The summed E-state index contributed by atoms with van der Waals surface area (Å²) in [6, 6.07) is 12.0. The smallest absolute Gasteiger partial charge is 0.293 e. The van der Waals surface area contributed by atoms with Crippen molar-refractivity contribution < 1.29 is 9.72 Å². The van der Waals surface area contributed by atoms with E-state index in [4.69, 9.17) is 0 Å². The maximum absolute atomic E-state index is 12.6. The lowest BCUT2D eigenvalue weighted by Gasteiger charge is -2.12. The molecule has 1 saturated carbocycles. The quantitative estimate of drug-likeness (QED) is 0.457. The Hall–Kier alpha value is -3.42. The number of carbonyl (C=O) groups is 1. The number of aromatic amines is 1. The third-order valence-electron chi connectivity index (χ3n) is 4.56. The van der Waals surface area contributed by atoms with Crippen molar-refractivity contribution in [3.05, 3.63) is 64.0 Å². The number of rotatable bonds is 6. The Labute approximate surface area is 155 Å². The molecule has 0 aliphatic heterocycles. The van der Waals surface area contributed by atoms with Crippen molar-refractivity contribution in [2.75, 3.05) is 5.32 Å². The first-order valence-corrected chi connectivity index (χ1v) is 8.82. The fourth-order valence-corrected chi connectivity index (χ4v) is 2.92. The number of imidazole rings is 1. The van der Waals surface area contributed by atoms with Gasteiger partial charge in [-0.25, -0.2) is 4.98 Å². The molecule has 0 saturated heterocycles. The Balaban J connectivity index is 1.53. The third-order valence-corrected chi connectivity index (χ3v) is 4.56. The number of nitrogens with zero attached hydrogens (tertiary/aromatic N) is 2. The second-order valence-electron chi connectivity index (χ2n) is 6.74. The summed E-state index contributed by atoms with van der Waals surface area (Å²) in [5.74, 6) is 0.245. The number of carbonyl (C=O) groups excluding carboxylic acids is 1. The van der Waals surface area contributed by atoms with Crippen LogP contribution in [0.5, 0.6) is 0 Å².